The minimum atomic E-state index is -3.56. The molecule has 0 atom stereocenters. The van der Waals surface area contributed by atoms with Gasteiger partial charge in [0.1, 0.15) is 11.5 Å². The molecule has 10 heteroatoms. The van der Waals surface area contributed by atoms with Crippen molar-refractivity contribution in [3.05, 3.63) is 48.5 Å². The van der Waals surface area contributed by atoms with Crippen molar-refractivity contribution in [2.45, 2.75) is 62.2 Å². The van der Waals surface area contributed by atoms with Gasteiger partial charge in [-0.05, 0) is 74.2 Å². The van der Waals surface area contributed by atoms with Gasteiger partial charge in [0.25, 0.3) is 0 Å². The third-order valence-corrected chi connectivity index (χ3v) is 7.86. The van der Waals surface area contributed by atoms with Crippen LogP contribution in [0.1, 0.15) is 52.4 Å². The van der Waals surface area contributed by atoms with E-state index in [1.54, 1.807) is 24.3 Å². The predicted molar refractivity (Wildman–Crippen MR) is 133 cm³/mol. The van der Waals surface area contributed by atoms with E-state index >= 15 is 0 Å². The smallest absolute Gasteiger partial charge is 0.240 e. The first-order valence-corrected chi connectivity index (χ1v) is 14.7. The Morgan fingerprint density at radius 2 is 0.941 bits per heavy atom. The zero-order chi connectivity index (χ0) is 24.9. The van der Waals surface area contributed by atoms with Gasteiger partial charge in [-0.2, -0.15) is 0 Å². The van der Waals surface area contributed by atoms with Crippen LogP contribution in [0.3, 0.4) is 0 Å². The van der Waals surface area contributed by atoms with Crippen molar-refractivity contribution in [2.24, 2.45) is 0 Å². The van der Waals surface area contributed by atoms with Crippen LogP contribution in [-0.4, -0.2) is 43.1 Å². The molecule has 0 aliphatic carbocycles. The Morgan fingerprint density at radius 1 is 0.588 bits per heavy atom. The first kappa shape index (κ1) is 28.1. The molecule has 0 bridgehead atoms. The number of benzene rings is 2. The molecule has 0 unspecified atom stereocenters. The highest BCUT2D eigenvalue weighted by molar-refractivity contribution is 7.89. The second-order valence-electron chi connectivity index (χ2n) is 7.85. The fraction of sp³-hybridized carbons (Fsp3) is 0.500. The van der Waals surface area contributed by atoms with Crippen LogP contribution in [0.5, 0.6) is 11.5 Å². The highest BCUT2D eigenvalue weighted by Crippen LogP contribution is 2.17. The maximum Gasteiger partial charge on any atom is 0.240 e. The molecule has 8 nitrogen and oxygen atoms in total. The van der Waals surface area contributed by atoms with Crippen LogP contribution >= 0.6 is 0 Å². The van der Waals surface area contributed by atoms with Gasteiger partial charge in [-0.25, -0.2) is 26.3 Å². The summed E-state index contributed by atoms with van der Waals surface area (Å²) in [6.45, 7) is 5.85. The number of rotatable bonds is 17. The van der Waals surface area contributed by atoms with Crippen LogP contribution < -0.4 is 18.9 Å². The number of hydrogen-bond acceptors (Lipinski definition) is 6. The van der Waals surface area contributed by atoms with Crippen LogP contribution in [0.4, 0.5) is 0 Å². The van der Waals surface area contributed by atoms with E-state index < -0.39 is 20.0 Å². The summed E-state index contributed by atoms with van der Waals surface area (Å²) in [4.78, 5) is 0.409. The molecule has 0 spiro atoms. The third-order valence-electron chi connectivity index (χ3n) is 4.90. The minimum absolute atomic E-state index is 0.204. The molecule has 0 fully saturated rings. The molecule has 0 aromatic heterocycles. The van der Waals surface area contributed by atoms with E-state index in [0.717, 1.165) is 25.7 Å². The highest BCUT2D eigenvalue weighted by Gasteiger charge is 2.14. The minimum Gasteiger partial charge on any atom is -0.494 e. The fourth-order valence-corrected chi connectivity index (χ4v) is 5.20. The summed E-state index contributed by atoms with van der Waals surface area (Å²) in [5.74, 6) is 1.30. The van der Waals surface area contributed by atoms with Crippen LogP contribution in [0.25, 0.3) is 0 Å². The SMILES string of the molecule is CCCOc1ccc(S(=O)(=O)NCCCCCCNS(=O)(=O)c2ccc(OCCC)cc2)cc1. The van der Waals surface area contributed by atoms with E-state index in [-0.39, 0.29) is 9.79 Å². The number of nitrogens with one attached hydrogen (secondary N) is 2. The first-order chi connectivity index (χ1) is 16.3. The standard InChI is InChI=1S/C24H36N2O6S2/c1-3-19-31-21-9-13-23(14-10-21)33(27,28)25-17-7-5-6-8-18-26-34(29,30)24-15-11-22(12-16-24)32-20-4-2/h9-16,25-26H,3-8,17-20H2,1-2H3. The van der Waals surface area contributed by atoms with Crippen molar-refractivity contribution >= 4 is 20.0 Å². The molecule has 190 valence electrons. The molecule has 34 heavy (non-hydrogen) atoms. The van der Waals surface area contributed by atoms with Gasteiger partial charge in [0, 0.05) is 13.1 Å². The topological polar surface area (TPSA) is 111 Å². The third kappa shape index (κ3) is 9.61. The second-order valence-corrected chi connectivity index (χ2v) is 11.4. The summed E-state index contributed by atoms with van der Waals surface area (Å²) in [5.41, 5.74) is 0. The van der Waals surface area contributed by atoms with Crippen molar-refractivity contribution in [1.29, 1.82) is 0 Å². The zero-order valence-corrected chi connectivity index (χ0v) is 21.6. The van der Waals surface area contributed by atoms with Gasteiger partial charge in [0.15, 0.2) is 0 Å². The molecule has 2 rings (SSSR count). The Morgan fingerprint density at radius 3 is 1.26 bits per heavy atom. The van der Waals surface area contributed by atoms with Crippen molar-refractivity contribution in [3.63, 3.8) is 0 Å². The second kappa shape index (κ2) is 14.3. The van der Waals surface area contributed by atoms with Crippen molar-refractivity contribution in [1.82, 2.24) is 9.44 Å². The summed E-state index contributed by atoms with van der Waals surface area (Å²) in [7, 11) is -7.12. The van der Waals surface area contributed by atoms with E-state index in [1.165, 1.54) is 24.3 Å². The van der Waals surface area contributed by atoms with E-state index in [4.69, 9.17) is 9.47 Å². The lowest BCUT2D eigenvalue weighted by Crippen LogP contribution is -2.25. The largest absolute Gasteiger partial charge is 0.494 e. The number of sulfonamides is 2. The molecule has 2 aromatic carbocycles. The number of unbranched alkanes of at least 4 members (excludes halogenated alkanes) is 3. The summed E-state index contributed by atoms with van der Waals surface area (Å²) in [5, 5.41) is 0. The summed E-state index contributed by atoms with van der Waals surface area (Å²) >= 11 is 0. The van der Waals surface area contributed by atoms with E-state index in [9.17, 15) is 16.8 Å². The van der Waals surface area contributed by atoms with Crippen molar-refractivity contribution in [3.8, 4) is 11.5 Å². The molecule has 0 heterocycles. The van der Waals surface area contributed by atoms with Gasteiger partial charge in [-0.3, -0.25) is 0 Å². The van der Waals surface area contributed by atoms with Crippen LogP contribution in [-0.2, 0) is 20.0 Å². The lowest BCUT2D eigenvalue weighted by Gasteiger charge is -2.09. The molecule has 0 radical (unpaired) electrons. The summed E-state index contributed by atoms with van der Waals surface area (Å²) < 4.78 is 65.6. The molecular formula is C24H36N2O6S2. The predicted octanol–water partition coefficient (Wildman–Crippen LogP) is 4.08. The van der Waals surface area contributed by atoms with E-state index in [0.29, 0.717) is 50.6 Å². The molecular weight excluding hydrogens is 476 g/mol. The molecule has 0 aliphatic heterocycles. The average molecular weight is 513 g/mol. The van der Waals surface area contributed by atoms with Crippen LogP contribution in [0, 0.1) is 0 Å². The lowest BCUT2D eigenvalue weighted by molar-refractivity contribution is 0.317. The Labute approximate surface area is 204 Å². The van der Waals surface area contributed by atoms with Gasteiger partial charge < -0.3 is 9.47 Å². The summed E-state index contributed by atoms with van der Waals surface area (Å²) in [6.07, 6.45) is 4.69. The molecule has 2 aromatic rings. The molecule has 0 saturated carbocycles. The van der Waals surface area contributed by atoms with Crippen molar-refractivity contribution < 1.29 is 26.3 Å². The zero-order valence-electron chi connectivity index (χ0n) is 20.0. The number of hydrogen-bond donors (Lipinski definition) is 2. The Kier molecular flexibility index (Phi) is 11.8. The van der Waals surface area contributed by atoms with E-state index in [2.05, 4.69) is 9.44 Å². The monoisotopic (exact) mass is 512 g/mol. The summed E-state index contributed by atoms with van der Waals surface area (Å²) in [6, 6.07) is 12.7. The quantitative estimate of drug-likeness (QED) is 0.309. The molecule has 2 N–H and O–H groups in total. The Balaban J connectivity index is 1.63. The van der Waals surface area contributed by atoms with Gasteiger partial charge in [-0.1, -0.05) is 26.7 Å². The van der Waals surface area contributed by atoms with Crippen LogP contribution in [0.2, 0.25) is 0 Å². The van der Waals surface area contributed by atoms with Crippen molar-refractivity contribution in [2.75, 3.05) is 26.3 Å². The van der Waals surface area contributed by atoms with Gasteiger partial charge in [-0.15, -0.1) is 0 Å². The molecule has 0 aliphatic rings. The van der Waals surface area contributed by atoms with Crippen LogP contribution in [0.15, 0.2) is 58.3 Å². The van der Waals surface area contributed by atoms with Gasteiger partial charge >= 0.3 is 0 Å². The number of ether oxygens (including phenoxy) is 2. The lowest BCUT2D eigenvalue weighted by atomic mass is 10.2. The average Bonchev–Trinajstić information content (AvgIpc) is 2.83. The Bertz CT molecular complexity index is 966. The van der Waals surface area contributed by atoms with Gasteiger partial charge in [0.2, 0.25) is 20.0 Å². The van der Waals surface area contributed by atoms with E-state index in [1.807, 2.05) is 13.8 Å². The van der Waals surface area contributed by atoms with Gasteiger partial charge in [0.05, 0.1) is 23.0 Å². The maximum absolute atomic E-state index is 12.4. The molecule has 0 amide bonds. The molecule has 0 saturated heterocycles. The Hall–Kier alpha value is -2.14. The fourth-order valence-electron chi connectivity index (χ4n) is 3.05. The first-order valence-electron chi connectivity index (χ1n) is 11.7. The normalized spacial score (nSPS) is 11.9. The maximum atomic E-state index is 12.4. The highest BCUT2D eigenvalue weighted by atomic mass is 32.2.